The third kappa shape index (κ3) is 4.59. The molecule has 26 heavy (non-hydrogen) atoms. The molecule has 1 heterocycles. The van der Waals surface area contributed by atoms with Gasteiger partial charge in [-0.05, 0) is 49.3 Å². The lowest BCUT2D eigenvalue weighted by Gasteiger charge is -2.32. The van der Waals surface area contributed by atoms with Crippen molar-refractivity contribution in [3.63, 3.8) is 0 Å². The van der Waals surface area contributed by atoms with Gasteiger partial charge in [-0.2, -0.15) is 5.26 Å². The Morgan fingerprint density at radius 1 is 1.27 bits per heavy atom. The Morgan fingerprint density at radius 3 is 2.38 bits per heavy atom. The molecule has 3 rings (SSSR count). The summed E-state index contributed by atoms with van der Waals surface area (Å²) < 4.78 is 40.5. The van der Waals surface area contributed by atoms with Crippen LogP contribution in [0.4, 0.5) is 18.0 Å². The first-order valence-corrected chi connectivity index (χ1v) is 8.60. The smallest absolute Gasteiger partial charge is 0.406 e. The van der Waals surface area contributed by atoms with E-state index in [1.165, 1.54) is 12.1 Å². The van der Waals surface area contributed by atoms with Crippen molar-refractivity contribution < 1.29 is 22.7 Å². The van der Waals surface area contributed by atoms with Gasteiger partial charge in [0.15, 0.2) is 0 Å². The number of alkyl halides is 3. The van der Waals surface area contributed by atoms with E-state index >= 15 is 0 Å². The number of benzene rings is 1. The fraction of sp³-hybridized carbons (Fsp3) is 0.556. The number of hydrogen-bond donors (Lipinski definition) is 1. The van der Waals surface area contributed by atoms with E-state index in [2.05, 4.69) is 16.1 Å². The second kappa shape index (κ2) is 7.06. The van der Waals surface area contributed by atoms with Crippen LogP contribution in [0, 0.1) is 16.7 Å². The summed E-state index contributed by atoms with van der Waals surface area (Å²) in [6.45, 7) is 1.55. The molecule has 1 saturated heterocycles. The molecule has 2 aliphatic rings. The topological polar surface area (TPSA) is 65.4 Å². The van der Waals surface area contributed by atoms with E-state index in [1.807, 2.05) is 0 Å². The number of piperidine rings is 1. The minimum absolute atomic E-state index is 0.154. The third-order valence-electron chi connectivity index (χ3n) is 5.04. The lowest BCUT2D eigenvalue weighted by molar-refractivity contribution is -0.274. The normalized spacial score (nSPS) is 19.5. The fourth-order valence-electron chi connectivity index (χ4n) is 3.19. The van der Waals surface area contributed by atoms with Gasteiger partial charge in [0.1, 0.15) is 5.75 Å². The monoisotopic (exact) mass is 367 g/mol. The molecule has 2 amide bonds. The van der Waals surface area contributed by atoms with Crippen molar-refractivity contribution in [1.82, 2.24) is 10.2 Å². The number of hydrogen-bond acceptors (Lipinski definition) is 3. The van der Waals surface area contributed by atoms with Crippen LogP contribution < -0.4 is 10.1 Å². The van der Waals surface area contributed by atoms with E-state index in [-0.39, 0.29) is 23.1 Å². The van der Waals surface area contributed by atoms with Gasteiger partial charge >= 0.3 is 12.4 Å². The van der Waals surface area contributed by atoms with Crippen molar-refractivity contribution in [3.8, 4) is 11.8 Å². The lowest BCUT2D eigenvalue weighted by Crippen LogP contribution is -2.45. The van der Waals surface area contributed by atoms with E-state index in [4.69, 9.17) is 5.26 Å². The lowest BCUT2D eigenvalue weighted by atomic mass is 9.89. The third-order valence-corrected chi connectivity index (χ3v) is 5.04. The molecule has 5 nitrogen and oxygen atoms in total. The highest BCUT2D eigenvalue weighted by Gasteiger charge is 2.43. The van der Waals surface area contributed by atoms with Crippen LogP contribution in [0.3, 0.4) is 0 Å². The van der Waals surface area contributed by atoms with Crippen LogP contribution in [0.2, 0.25) is 0 Å². The molecule has 140 valence electrons. The molecule has 1 aromatic carbocycles. The van der Waals surface area contributed by atoms with Crippen LogP contribution in [-0.2, 0) is 0 Å². The average Bonchev–Trinajstić information content (AvgIpc) is 3.40. The highest BCUT2D eigenvalue weighted by molar-refractivity contribution is 5.74. The number of rotatable bonds is 4. The number of urea groups is 1. The highest BCUT2D eigenvalue weighted by Crippen LogP contribution is 2.44. The molecule has 1 aliphatic heterocycles. The summed E-state index contributed by atoms with van der Waals surface area (Å²) in [5.41, 5.74) is 0.579. The Bertz CT molecular complexity index is 685. The maximum absolute atomic E-state index is 12.2. The maximum atomic E-state index is 12.2. The van der Waals surface area contributed by atoms with Gasteiger partial charge in [0.05, 0.1) is 11.5 Å². The number of amides is 2. The molecule has 0 bridgehead atoms. The molecule has 0 aromatic heterocycles. The molecule has 2 fully saturated rings. The first-order chi connectivity index (χ1) is 12.3. The summed E-state index contributed by atoms with van der Waals surface area (Å²) in [5.74, 6) is -0.0302. The Kier molecular flexibility index (Phi) is 4.99. The van der Waals surface area contributed by atoms with Crippen LogP contribution in [0.5, 0.6) is 5.75 Å². The molecule has 0 radical (unpaired) electrons. The molecular weight excluding hydrogens is 347 g/mol. The first-order valence-electron chi connectivity index (χ1n) is 8.60. The van der Waals surface area contributed by atoms with E-state index in [0.717, 1.165) is 31.2 Å². The summed E-state index contributed by atoms with van der Waals surface area (Å²) in [5, 5.41) is 11.9. The van der Waals surface area contributed by atoms with Crippen molar-refractivity contribution in [3.05, 3.63) is 29.8 Å². The maximum Gasteiger partial charge on any atom is 0.573 e. The summed E-state index contributed by atoms with van der Waals surface area (Å²) in [4.78, 5) is 13.9. The number of nitriles is 1. The second-order valence-corrected chi connectivity index (χ2v) is 6.93. The van der Waals surface area contributed by atoms with E-state index in [9.17, 15) is 18.0 Å². The number of likely N-dealkylation sites (tertiary alicyclic amines) is 1. The predicted octanol–water partition coefficient (Wildman–Crippen LogP) is 3.78. The predicted molar refractivity (Wildman–Crippen MR) is 87.4 cm³/mol. The number of carbonyl (C=O) groups excluding carboxylic acids is 1. The molecule has 1 aliphatic carbocycles. The second-order valence-electron chi connectivity index (χ2n) is 6.93. The highest BCUT2D eigenvalue weighted by atomic mass is 19.4. The number of ether oxygens (including phenoxy) is 1. The van der Waals surface area contributed by atoms with Crippen LogP contribution in [-0.4, -0.2) is 36.9 Å². The summed E-state index contributed by atoms with van der Waals surface area (Å²) in [7, 11) is 0. The van der Waals surface area contributed by atoms with Crippen molar-refractivity contribution in [1.29, 1.82) is 5.26 Å². The summed E-state index contributed by atoms with van der Waals surface area (Å²) in [6, 6.07) is 8.02. The van der Waals surface area contributed by atoms with Crippen LogP contribution in [0.1, 0.15) is 37.2 Å². The molecule has 0 atom stereocenters. The first kappa shape index (κ1) is 18.4. The molecule has 8 heteroatoms. The molecule has 1 aromatic rings. The van der Waals surface area contributed by atoms with Gasteiger partial charge in [0, 0.05) is 19.6 Å². The van der Waals surface area contributed by atoms with Crippen molar-refractivity contribution >= 4 is 6.03 Å². The van der Waals surface area contributed by atoms with E-state index in [0.29, 0.717) is 19.6 Å². The Hall–Kier alpha value is -2.43. The number of nitrogens with one attached hydrogen (secondary N) is 1. The Balaban J connectivity index is 1.47. The van der Waals surface area contributed by atoms with Gasteiger partial charge in [-0.3, -0.25) is 0 Å². The van der Waals surface area contributed by atoms with Gasteiger partial charge in [-0.25, -0.2) is 4.79 Å². The number of halogens is 3. The van der Waals surface area contributed by atoms with Crippen molar-refractivity contribution in [2.75, 3.05) is 19.6 Å². The largest absolute Gasteiger partial charge is 0.573 e. The summed E-state index contributed by atoms with van der Waals surface area (Å²) >= 11 is 0. The zero-order chi connectivity index (χ0) is 18.8. The molecule has 0 spiro atoms. The number of carbonyl (C=O) groups is 1. The quantitative estimate of drug-likeness (QED) is 0.881. The number of nitrogens with zero attached hydrogens (tertiary/aromatic N) is 2. The molecule has 1 saturated carbocycles. The zero-order valence-corrected chi connectivity index (χ0v) is 14.2. The average molecular weight is 367 g/mol. The van der Waals surface area contributed by atoms with Crippen LogP contribution in [0.15, 0.2) is 24.3 Å². The van der Waals surface area contributed by atoms with E-state index < -0.39 is 6.36 Å². The molecule has 1 N–H and O–H groups in total. The zero-order valence-electron chi connectivity index (χ0n) is 14.2. The standard InChI is InChI=1S/C18H20F3N3O2/c19-18(20,21)26-15-3-1-13(2-4-15)14-5-9-24(10-6-14)16(25)23-12-17(11-22)7-8-17/h1-4,14H,5-10,12H2,(H,23,25). The molecular formula is C18H20F3N3O2. The minimum atomic E-state index is -4.69. The Morgan fingerprint density at radius 2 is 1.88 bits per heavy atom. The van der Waals surface area contributed by atoms with Gasteiger partial charge in [-0.1, -0.05) is 12.1 Å². The van der Waals surface area contributed by atoms with Crippen LogP contribution in [0.25, 0.3) is 0 Å². The summed E-state index contributed by atoms with van der Waals surface area (Å²) in [6.07, 6.45) is -1.53. The van der Waals surface area contributed by atoms with Crippen molar-refractivity contribution in [2.45, 2.75) is 38.0 Å². The van der Waals surface area contributed by atoms with Crippen LogP contribution >= 0.6 is 0 Å². The fourth-order valence-corrected chi connectivity index (χ4v) is 3.19. The van der Waals surface area contributed by atoms with Gasteiger partial charge in [0.2, 0.25) is 0 Å². The molecule has 0 unspecified atom stereocenters. The Labute approximate surface area is 149 Å². The van der Waals surface area contributed by atoms with Gasteiger partial charge in [0.25, 0.3) is 0 Å². The van der Waals surface area contributed by atoms with Gasteiger partial charge < -0.3 is 15.0 Å². The SMILES string of the molecule is N#CC1(CNC(=O)N2CCC(c3ccc(OC(F)(F)F)cc3)CC2)CC1. The van der Waals surface area contributed by atoms with Gasteiger partial charge in [-0.15, -0.1) is 13.2 Å². The minimum Gasteiger partial charge on any atom is -0.406 e. The van der Waals surface area contributed by atoms with Crippen molar-refractivity contribution in [2.24, 2.45) is 5.41 Å². The van der Waals surface area contributed by atoms with E-state index in [1.54, 1.807) is 17.0 Å².